The third-order valence-electron chi connectivity index (χ3n) is 7.23. The second-order valence-electron chi connectivity index (χ2n) is 11.3. The van der Waals surface area contributed by atoms with Gasteiger partial charge in [0.05, 0.1) is 0 Å². The molecule has 3 aromatic rings. The van der Waals surface area contributed by atoms with Crippen LogP contribution < -0.4 is 0 Å². The number of amides is 2. The summed E-state index contributed by atoms with van der Waals surface area (Å²) in [6, 6.07) is 30.3. The van der Waals surface area contributed by atoms with E-state index in [-0.39, 0.29) is 24.2 Å². The number of hydrogen-bond acceptors (Lipinski definition) is 4. The Labute approximate surface area is 232 Å². The van der Waals surface area contributed by atoms with Crippen LogP contribution in [0.1, 0.15) is 50.3 Å². The molecule has 3 aromatic carbocycles. The van der Waals surface area contributed by atoms with Gasteiger partial charge in [-0.3, -0.25) is 0 Å². The van der Waals surface area contributed by atoms with E-state index in [4.69, 9.17) is 9.47 Å². The zero-order valence-electron chi connectivity index (χ0n) is 23.3. The van der Waals surface area contributed by atoms with Crippen LogP contribution >= 0.6 is 0 Å². The van der Waals surface area contributed by atoms with Gasteiger partial charge in [0.15, 0.2) is 0 Å². The fourth-order valence-corrected chi connectivity index (χ4v) is 5.09. The van der Waals surface area contributed by atoms with Crippen LogP contribution in [0.3, 0.4) is 0 Å². The summed E-state index contributed by atoms with van der Waals surface area (Å²) in [6.07, 6.45) is 1.58. The van der Waals surface area contributed by atoms with E-state index in [1.165, 1.54) is 11.1 Å². The standard InChI is InChI=1S/C33H40N2O4/c1-32(2,3)39-31(37)35(22-19-27-13-7-4-8-14-27)26-33(29-17-11-6-12-18-29)20-23-34(24-21-33)30(36)38-25-28-15-9-5-10-16-28/h4-18H,19-26H2,1-3H3. The average Bonchev–Trinajstić information content (AvgIpc) is 2.95. The summed E-state index contributed by atoms with van der Waals surface area (Å²) in [5.41, 5.74) is 2.43. The SMILES string of the molecule is CC(C)(C)OC(=O)N(CCc1ccccc1)CC1(c2ccccc2)CCN(C(=O)OCc2ccccc2)CC1. The predicted octanol–water partition coefficient (Wildman–Crippen LogP) is 6.84. The van der Waals surface area contributed by atoms with Crippen LogP contribution in [-0.4, -0.2) is 53.8 Å². The summed E-state index contributed by atoms with van der Waals surface area (Å²) < 4.78 is 11.5. The summed E-state index contributed by atoms with van der Waals surface area (Å²) in [7, 11) is 0. The van der Waals surface area contributed by atoms with Crippen LogP contribution in [0.15, 0.2) is 91.0 Å². The van der Waals surface area contributed by atoms with Gasteiger partial charge < -0.3 is 19.3 Å². The maximum atomic E-state index is 13.4. The lowest BCUT2D eigenvalue weighted by Gasteiger charge is -2.44. The number of nitrogens with zero attached hydrogens (tertiary/aromatic N) is 2. The van der Waals surface area contributed by atoms with Crippen LogP contribution in [0.2, 0.25) is 0 Å². The van der Waals surface area contributed by atoms with E-state index in [1.807, 2.05) is 92.4 Å². The van der Waals surface area contributed by atoms with Gasteiger partial charge in [0.2, 0.25) is 0 Å². The number of carbonyl (C=O) groups excluding carboxylic acids is 2. The highest BCUT2D eigenvalue weighted by molar-refractivity contribution is 5.69. The summed E-state index contributed by atoms with van der Waals surface area (Å²) in [5, 5.41) is 0. The molecule has 0 radical (unpaired) electrons. The van der Waals surface area contributed by atoms with Crippen molar-refractivity contribution in [2.45, 2.75) is 57.7 Å². The molecule has 0 spiro atoms. The van der Waals surface area contributed by atoms with E-state index in [2.05, 4.69) is 24.3 Å². The Morgan fingerprint density at radius 3 is 1.92 bits per heavy atom. The molecule has 1 fully saturated rings. The smallest absolute Gasteiger partial charge is 0.410 e. The topological polar surface area (TPSA) is 59.1 Å². The second kappa shape index (κ2) is 12.8. The van der Waals surface area contributed by atoms with Gasteiger partial charge in [0.1, 0.15) is 12.2 Å². The van der Waals surface area contributed by atoms with Gasteiger partial charge in [-0.1, -0.05) is 91.0 Å². The minimum absolute atomic E-state index is 0.256. The first-order chi connectivity index (χ1) is 18.7. The predicted molar refractivity (Wildman–Crippen MR) is 154 cm³/mol. The van der Waals surface area contributed by atoms with E-state index < -0.39 is 5.60 Å². The van der Waals surface area contributed by atoms with Gasteiger partial charge in [0, 0.05) is 31.6 Å². The molecule has 6 heteroatoms. The van der Waals surface area contributed by atoms with E-state index in [9.17, 15) is 9.59 Å². The van der Waals surface area contributed by atoms with E-state index >= 15 is 0 Å². The lowest BCUT2D eigenvalue weighted by molar-refractivity contribution is 0.0155. The van der Waals surface area contributed by atoms with Gasteiger partial charge in [0.25, 0.3) is 0 Å². The number of rotatable bonds is 8. The second-order valence-corrected chi connectivity index (χ2v) is 11.3. The van der Waals surface area contributed by atoms with E-state index in [0.717, 1.165) is 24.8 Å². The number of hydrogen-bond donors (Lipinski definition) is 0. The first-order valence-electron chi connectivity index (χ1n) is 13.8. The molecule has 1 saturated heterocycles. The van der Waals surface area contributed by atoms with Gasteiger partial charge in [-0.2, -0.15) is 0 Å². The molecule has 0 unspecified atom stereocenters. The Bertz CT molecular complexity index is 1180. The van der Waals surface area contributed by atoms with Crippen molar-refractivity contribution in [1.82, 2.24) is 9.80 Å². The third-order valence-corrected chi connectivity index (χ3v) is 7.23. The van der Waals surface area contributed by atoms with Crippen molar-refractivity contribution < 1.29 is 19.1 Å². The molecular formula is C33H40N2O4. The average molecular weight is 529 g/mol. The molecule has 0 aliphatic carbocycles. The highest BCUT2D eigenvalue weighted by Crippen LogP contribution is 2.37. The molecule has 2 amide bonds. The Balaban J connectivity index is 1.50. The number of ether oxygens (including phenoxy) is 2. The van der Waals surface area contributed by atoms with Crippen molar-refractivity contribution in [3.8, 4) is 0 Å². The molecule has 1 heterocycles. The zero-order chi connectivity index (χ0) is 27.7. The van der Waals surface area contributed by atoms with Crippen LogP contribution in [0.5, 0.6) is 0 Å². The molecule has 0 atom stereocenters. The molecule has 1 aliphatic heterocycles. The first-order valence-corrected chi connectivity index (χ1v) is 13.8. The number of carbonyl (C=O) groups is 2. The van der Waals surface area contributed by atoms with Crippen molar-refractivity contribution in [3.05, 3.63) is 108 Å². The molecule has 39 heavy (non-hydrogen) atoms. The van der Waals surface area contributed by atoms with Crippen LogP contribution in [0, 0.1) is 0 Å². The van der Waals surface area contributed by atoms with E-state index in [1.54, 1.807) is 4.90 Å². The van der Waals surface area contributed by atoms with Crippen molar-refractivity contribution in [2.75, 3.05) is 26.2 Å². The Morgan fingerprint density at radius 2 is 1.36 bits per heavy atom. The van der Waals surface area contributed by atoms with Crippen molar-refractivity contribution >= 4 is 12.2 Å². The van der Waals surface area contributed by atoms with Crippen LogP contribution in [-0.2, 0) is 27.9 Å². The molecular weight excluding hydrogens is 488 g/mol. The van der Waals surface area contributed by atoms with Crippen molar-refractivity contribution in [3.63, 3.8) is 0 Å². The summed E-state index contributed by atoms with van der Waals surface area (Å²) in [4.78, 5) is 30.0. The summed E-state index contributed by atoms with van der Waals surface area (Å²) in [5.74, 6) is 0. The highest BCUT2D eigenvalue weighted by atomic mass is 16.6. The minimum atomic E-state index is -0.589. The fourth-order valence-electron chi connectivity index (χ4n) is 5.09. The van der Waals surface area contributed by atoms with Gasteiger partial charge in [-0.25, -0.2) is 9.59 Å². The number of benzene rings is 3. The minimum Gasteiger partial charge on any atom is -0.445 e. The fraction of sp³-hybridized carbons (Fsp3) is 0.394. The van der Waals surface area contributed by atoms with Gasteiger partial charge in [-0.05, 0) is 56.7 Å². The zero-order valence-corrected chi connectivity index (χ0v) is 23.3. The Kier molecular flexibility index (Phi) is 9.28. The Morgan fingerprint density at radius 1 is 0.821 bits per heavy atom. The van der Waals surface area contributed by atoms with Crippen LogP contribution in [0.4, 0.5) is 9.59 Å². The Hall–Kier alpha value is -3.80. The lowest BCUT2D eigenvalue weighted by atomic mass is 9.72. The first kappa shape index (κ1) is 28.2. The molecule has 1 aliphatic rings. The molecule has 206 valence electrons. The largest absolute Gasteiger partial charge is 0.445 e. The van der Waals surface area contributed by atoms with E-state index in [0.29, 0.717) is 26.2 Å². The normalized spacial score (nSPS) is 14.9. The van der Waals surface area contributed by atoms with Crippen LogP contribution in [0.25, 0.3) is 0 Å². The van der Waals surface area contributed by atoms with Crippen molar-refractivity contribution in [2.24, 2.45) is 0 Å². The van der Waals surface area contributed by atoms with Gasteiger partial charge >= 0.3 is 12.2 Å². The van der Waals surface area contributed by atoms with Crippen molar-refractivity contribution in [1.29, 1.82) is 0 Å². The monoisotopic (exact) mass is 528 g/mol. The summed E-state index contributed by atoms with van der Waals surface area (Å²) >= 11 is 0. The molecule has 0 saturated carbocycles. The molecule has 6 nitrogen and oxygen atoms in total. The molecule has 4 rings (SSSR count). The quantitative estimate of drug-likeness (QED) is 0.321. The molecule has 0 N–H and O–H groups in total. The summed E-state index contributed by atoms with van der Waals surface area (Å²) in [6.45, 7) is 8.13. The molecule has 0 bridgehead atoms. The maximum absolute atomic E-state index is 13.4. The maximum Gasteiger partial charge on any atom is 0.410 e. The number of likely N-dealkylation sites (tertiary alicyclic amines) is 1. The highest BCUT2D eigenvalue weighted by Gasteiger charge is 2.41. The third kappa shape index (κ3) is 8.09. The van der Waals surface area contributed by atoms with Gasteiger partial charge in [-0.15, -0.1) is 0 Å². The molecule has 0 aromatic heterocycles. The number of piperidine rings is 1. The lowest BCUT2D eigenvalue weighted by Crippen LogP contribution is -2.52.